The number of aryl methyl sites for hydroxylation is 1. The molecule has 146 valence electrons. The molecule has 0 amide bonds. The second-order valence-corrected chi connectivity index (χ2v) is 6.73. The third-order valence-corrected chi connectivity index (χ3v) is 4.50. The van der Waals surface area contributed by atoms with Gasteiger partial charge in [-0.15, -0.1) is 0 Å². The topological polar surface area (TPSA) is 58.1 Å². The van der Waals surface area contributed by atoms with E-state index in [-0.39, 0.29) is 6.10 Å². The number of hydrogen-bond donors (Lipinski definition) is 2. The van der Waals surface area contributed by atoms with Gasteiger partial charge in [0, 0.05) is 26.7 Å². The minimum Gasteiger partial charge on any atom is -0.489 e. The summed E-state index contributed by atoms with van der Waals surface area (Å²) in [5, 5.41) is 6.71. The molecule has 2 N–H and O–H groups in total. The van der Waals surface area contributed by atoms with E-state index in [1.165, 1.54) is 6.42 Å². The lowest BCUT2D eigenvalue weighted by molar-refractivity contribution is 0.0372. The first-order valence-corrected chi connectivity index (χ1v) is 9.66. The summed E-state index contributed by atoms with van der Waals surface area (Å²) < 4.78 is 11.4. The van der Waals surface area contributed by atoms with E-state index in [1.807, 2.05) is 18.2 Å². The minimum atomic E-state index is 0.0657. The van der Waals surface area contributed by atoms with Gasteiger partial charge in [-0.1, -0.05) is 18.2 Å². The molecule has 1 aliphatic heterocycles. The zero-order valence-electron chi connectivity index (χ0n) is 16.5. The molecule has 1 atom stereocenters. The predicted octanol–water partition coefficient (Wildman–Crippen LogP) is 2.04. The van der Waals surface area contributed by atoms with Crippen molar-refractivity contribution in [2.24, 2.45) is 4.99 Å². The van der Waals surface area contributed by atoms with Crippen molar-refractivity contribution in [2.45, 2.75) is 32.8 Å². The second kappa shape index (κ2) is 11.8. The summed E-state index contributed by atoms with van der Waals surface area (Å²) >= 11 is 0. The number of guanidine groups is 1. The van der Waals surface area contributed by atoms with Crippen molar-refractivity contribution in [3.05, 3.63) is 29.8 Å². The summed E-state index contributed by atoms with van der Waals surface area (Å²) in [5.41, 5.74) is 1.15. The predicted molar refractivity (Wildman–Crippen MR) is 107 cm³/mol. The minimum absolute atomic E-state index is 0.0657. The van der Waals surface area contributed by atoms with Crippen molar-refractivity contribution in [1.82, 2.24) is 15.5 Å². The van der Waals surface area contributed by atoms with Crippen molar-refractivity contribution in [3.8, 4) is 5.75 Å². The Kier molecular flexibility index (Phi) is 9.28. The highest BCUT2D eigenvalue weighted by Crippen LogP contribution is 2.17. The number of nitrogens with zero attached hydrogens (tertiary/aromatic N) is 2. The van der Waals surface area contributed by atoms with Gasteiger partial charge in [0.15, 0.2) is 5.96 Å². The van der Waals surface area contributed by atoms with Crippen molar-refractivity contribution in [1.29, 1.82) is 0 Å². The van der Waals surface area contributed by atoms with Gasteiger partial charge in [-0.2, -0.15) is 0 Å². The summed E-state index contributed by atoms with van der Waals surface area (Å²) in [4.78, 5) is 6.76. The Morgan fingerprint density at radius 3 is 2.73 bits per heavy atom. The van der Waals surface area contributed by atoms with Gasteiger partial charge < -0.3 is 20.1 Å². The molecule has 0 aliphatic carbocycles. The van der Waals surface area contributed by atoms with Crippen molar-refractivity contribution in [3.63, 3.8) is 0 Å². The van der Waals surface area contributed by atoms with Crippen molar-refractivity contribution >= 4 is 5.96 Å². The molecule has 0 saturated carbocycles. The summed E-state index contributed by atoms with van der Waals surface area (Å²) in [5.74, 6) is 1.77. The fraction of sp³-hybridized carbons (Fsp3) is 0.650. The largest absolute Gasteiger partial charge is 0.489 e. The third kappa shape index (κ3) is 7.62. The van der Waals surface area contributed by atoms with Gasteiger partial charge in [-0.25, -0.2) is 0 Å². The van der Waals surface area contributed by atoms with E-state index in [4.69, 9.17) is 9.47 Å². The van der Waals surface area contributed by atoms with E-state index in [0.717, 1.165) is 63.1 Å². The molecular formula is C20H34N4O2. The molecule has 0 bridgehead atoms. The van der Waals surface area contributed by atoms with Crippen LogP contribution in [-0.4, -0.2) is 69.9 Å². The third-order valence-electron chi connectivity index (χ3n) is 4.50. The smallest absolute Gasteiger partial charge is 0.191 e. The second-order valence-electron chi connectivity index (χ2n) is 6.73. The van der Waals surface area contributed by atoms with Gasteiger partial charge in [-0.3, -0.25) is 9.89 Å². The van der Waals surface area contributed by atoms with Gasteiger partial charge in [0.1, 0.15) is 11.9 Å². The fourth-order valence-electron chi connectivity index (χ4n) is 2.90. The maximum atomic E-state index is 5.99. The Labute approximate surface area is 158 Å². The van der Waals surface area contributed by atoms with Gasteiger partial charge in [0.2, 0.25) is 0 Å². The number of unbranched alkanes of at least 4 members (excludes halogenated alkanes) is 1. The number of morpholine rings is 1. The van der Waals surface area contributed by atoms with E-state index < -0.39 is 0 Å². The first kappa shape index (κ1) is 20.5. The number of aliphatic imine (C=N–C) groups is 1. The van der Waals surface area contributed by atoms with Crippen LogP contribution in [0.2, 0.25) is 0 Å². The van der Waals surface area contributed by atoms with Gasteiger partial charge in [-0.05, 0) is 44.9 Å². The Balaban J connectivity index is 1.57. The lowest BCUT2D eigenvalue weighted by atomic mass is 10.2. The van der Waals surface area contributed by atoms with Crippen LogP contribution in [0, 0.1) is 6.92 Å². The quantitative estimate of drug-likeness (QED) is 0.400. The number of ether oxygens (including phenoxy) is 2. The zero-order valence-corrected chi connectivity index (χ0v) is 16.5. The van der Waals surface area contributed by atoms with Gasteiger partial charge in [0.25, 0.3) is 0 Å². The summed E-state index contributed by atoms with van der Waals surface area (Å²) in [6.45, 7) is 10.8. The molecular weight excluding hydrogens is 328 g/mol. The van der Waals surface area contributed by atoms with E-state index in [0.29, 0.717) is 6.54 Å². The van der Waals surface area contributed by atoms with Crippen molar-refractivity contribution < 1.29 is 9.47 Å². The maximum Gasteiger partial charge on any atom is 0.191 e. The van der Waals surface area contributed by atoms with Crippen LogP contribution in [0.1, 0.15) is 25.3 Å². The summed E-state index contributed by atoms with van der Waals surface area (Å²) in [6, 6.07) is 8.09. The molecule has 0 radical (unpaired) electrons. The molecule has 0 aromatic heterocycles. The van der Waals surface area contributed by atoms with Crippen LogP contribution in [-0.2, 0) is 4.74 Å². The molecule has 0 spiro atoms. The first-order chi connectivity index (χ1) is 12.7. The van der Waals surface area contributed by atoms with Crippen LogP contribution in [0.25, 0.3) is 0 Å². The molecule has 1 aromatic carbocycles. The standard InChI is InChI=1S/C20H34N4O2/c1-17-8-4-5-9-19(17)26-18(2)16-23-20(21-3)22-10-6-7-11-24-12-14-25-15-13-24/h4-5,8-9,18H,6-7,10-16H2,1-3H3,(H2,21,22,23). The van der Waals surface area contributed by atoms with Crippen LogP contribution in [0.3, 0.4) is 0 Å². The number of rotatable bonds is 9. The summed E-state index contributed by atoms with van der Waals surface area (Å²) in [6.07, 6.45) is 2.39. The molecule has 1 fully saturated rings. The van der Waals surface area contributed by atoms with Crippen LogP contribution in [0.15, 0.2) is 29.3 Å². The van der Waals surface area contributed by atoms with E-state index in [2.05, 4.69) is 40.4 Å². The Hall–Kier alpha value is -1.79. The Bertz CT molecular complexity index is 544. The molecule has 6 nitrogen and oxygen atoms in total. The molecule has 26 heavy (non-hydrogen) atoms. The highest BCUT2D eigenvalue weighted by Gasteiger charge is 2.09. The van der Waals surface area contributed by atoms with E-state index in [1.54, 1.807) is 7.05 Å². The first-order valence-electron chi connectivity index (χ1n) is 9.66. The molecule has 1 aromatic rings. The highest BCUT2D eigenvalue weighted by molar-refractivity contribution is 5.79. The molecule has 1 aliphatic rings. The van der Waals surface area contributed by atoms with Crippen molar-refractivity contribution in [2.75, 3.05) is 53.0 Å². The zero-order chi connectivity index (χ0) is 18.6. The molecule has 6 heteroatoms. The Morgan fingerprint density at radius 1 is 1.23 bits per heavy atom. The van der Waals surface area contributed by atoms with Crippen LogP contribution in [0.4, 0.5) is 0 Å². The molecule has 1 saturated heterocycles. The number of nitrogens with one attached hydrogen (secondary N) is 2. The van der Waals surface area contributed by atoms with Crippen LogP contribution >= 0.6 is 0 Å². The number of benzene rings is 1. The van der Waals surface area contributed by atoms with E-state index in [9.17, 15) is 0 Å². The number of hydrogen-bond acceptors (Lipinski definition) is 4. The molecule has 1 heterocycles. The highest BCUT2D eigenvalue weighted by atomic mass is 16.5. The Morgan fingerprint density at radius 2 is 2.00 bits per heavy atom. The van der Waals surface area contributed by atoms with E-state index >= 15 is 0 Å². The molecule has 2 rings (SSSR count). The molecule has 1 unspecified atom stereocenters. The van der Waals surface area contributed by atoms with Gasteiger partial charge >= 0.3 is 0 Å². The lowest BCUT2D eigenvalue weighted by Crippen LogP contribution is -2.42. The lowest BCUT2D eigenvalue weighted by Gasteiger charge is -2.26. The average molecular weight is 363 g/mol. The van der Waals surface area contributed by atoms with Crippen LogP contribution in [0.5, 0.6) is 5.75 Å². The fourth-order valence-corrected chi connectivity index (χ4v) is 2.90. The van der Waals surface area contributed by atoms with Crippen LogP contribution < -0.4 is 15.4 Å². The SMILES string of the molecule is CN=C(NCCCCN1CCOCC1)NCC(C)Oc1ccccc1C. The summed E-state index contributed by atoms with van der Waals surface area (Å²) in [7, 11) is 1.80. The maximum absolute atomic E-state index is 5.99. The monoisotopic (exact) mass is 362 g/mol. The normalized spacial score (nSPS) is 17.0. The average Bonchev–Trinajstić information content (AvgIpc) is 2.66. The van der Waals surface area contributed by atoms with Gasteiger partial charge in [0.05, 0.1) is 19.8 Å². The number of para-hydroxylation sites is 1.